The summed E-state index contributed by atoms with van der Waals surface area (Å²) in [6, 6.07) is 20.1. The molecule has 0 aromatic heterocycles. The number of carbonyl (C=O) groups is 1. The maximum atomic E-state index is 10.8. The predicted octanol–water partition coefficient (Wildman–Crippen LogP) is 3.16. The Hall–Kier alpha value is -2.61. The van der Waals surface area contributed by atoms with E-state index >= 15 is 0 Å². The molecule has 0 radical (unpaired) electrons. The molecular weight excluding hydrogens is 234 g/mol. The Balaban J connectivity index is 2.43. The summed E-state index contributed by atoms with van der Waals surface area (Å²) in [6.07, 6.45) is 4.93. The highest BCUT2D eigenvalue weighted by molar-refractivity contribution is 5.87. The van der Waals surface area contributed by atoms with Gasteiger partial charge in [0.15, 0.2) is 0 Å². The van der Waals surface area contributed by atoms with Crippen LogP contribution in [0.4, 0.5) is 0 Å². The van der Waals surface area contributed by atoms with Gasteiger partial charge in [-0.3, -0.25) is 4.79 Å². The van der Waals surface area contributed by atoms with Crippen LogP contribution in [0.15, 0.2) is 78.9 Å². The number of rotatable bonds is 4. The number of primary amides is 1. The molecule has 19 heavy (non-hydrogen) atoms. The third-order valence-corrected chi connectivity index (χ3v) is 2.69. The van der Waals surface area contributed by atoms with E-state index < -0.39 is 5.91 Å². The van der Waals surface area contributed by atoms with E-state index in [9.17, 15) is 4.79 Å². The topological polar surface area (TPSA) is 43.1 Å². The van der Waals surface area contributed by atoms with Crippen molar-refractivity contribution in [2.75, 3.05) is 0 Å². The molecule has 0 heterocycles. The number of nitrogens with two attached hydrogens (primary N) is 1. The fraction of sp³-hybridized carbons (Fsp3) is 0. The van der Waals surface area contributed by atoms with Gasteiger partial charge in [0.1, 0.15) is 0 Å². The fourth-order valence-electron chi connectivity index (χ4n) is 1.83. The second-order valence-electron chi connectivity index (χ2n) is 4.07. The molecule has 0 unspecified atom stereocenters. The van der Waals surface area contributed by atoms with Gasteiger partial charge in [0.2, 0.25) is 5.91 Å². The summed E-state index contributed by atoms with van der Waals surface area (Å²) in [7, 11) is 0. The average molecular weight is 249 g/mol. The quantitative estimate of drug-likeness (QED) is 0.656. The highest BCUT2D eigenvalue weighted by atomic mass is 16.1. The molecule has 0 atom stereocenters. The first-order valence-electron chi connectivity index (χ1n) is 6.06. The van der Waals surface area contributed by atoms with Gasteiger partial charge in [-0.25, -0.2) is 0 Å². The lowest BCUT2D eigenvalue weighted by atomic mass is 9.97. The van der Waals surface area contributed by atoms with Crippen LogP contribution in [0.5, 0.6) is 0 Å². The van der Waals surface area contributed by atoms with Gasteiger partial charge in [-0.15, -0.1) is 0 Å². The summed E-state index contributed by atoms with van der Waals surface area (Å²) in [5.41, 5.74) is 8.36. The molecule has 2 aromatic carbocycles. The van der Waals surface area contributed by atoms with Crippen molar-refractivity contribution >= 4 is 11.5 Å². The minimum absolute atomic E-state index is 0.447. The van der Waals surface area contributed by atoms with Gasteiger partial charge in [-0.05, 0) is 16.7 Å². The Morgan fingerprint density at radius 1 is 0.842 bits per heavy atom. The first kappa shape index (κ1) is 12.8. The highest BCUT2D eigenvalue weighted by Crippen LogP contribution is 2.22. The first-order valence-corrected chi connectivity index (χ1v) is 6.06. The number of carbonyl (C=O) groups excluding carboxylic acids is 1. The lowest BCUT2D eigenvalue weighted by Crippen LogP contribution is -2.04. The van der Waals surface area contributed by atoms with E-state index in [4.69, 9.17) is 5.73 Å². The van der Waals surface area contributed by atoms with Crippen LogP contribution in [0.2, 0.25) is 0 Å². The van der Waals surface area contributed by atoms with Gasteiger partial charge in [-0.1, -0.05) is 72.8 Å². The molecule has 0 aliphatic rings. The number of hydrogen-bond acceptors (Lipinski definition) is 1. The SMILES string of the molecule is NC(=O)/C=C\C=C(c1ccccc1)c1ccccc1. The smallest absolute Gasteiger partial charge is 0.241 e. The first-order chi connectivity index (χ1) is 9.27. The number of hydrogen-bond donors (Lipinski definition) is 1. The molecule has 0 saturated carbocycles. The average Bonchev–Trinajstić information content (AvgIpc) is 2.45. The van der Waals surface area contributed by atoms with Crippen LogP contribution < -0.4 is 5.73 Å². The standard InChI is InChI=1S/C17H15NO/c18-17(19)13-7-12-16(14-8-3-1-4-9-14)15-10-5-2-6-11-15/h1-13H,(H2,18,19)/b13-7-. The van der Waals surface area contributed by atoms with Crippen molar-refractivity contribution in [3.63, 3.8) is 0 Å². The molecule has 2 N–H and O–H groups in total. The van der Waals surface area contributed by atoms with E-state index in [-0.39, 0.29) is 0 Å². The number of amides is 1. The molecule has 1 amide bonds. The van der Waals surface area contributed by atoms with Gasteiger partial charge in [0.25, 0.3) is 0 Å². The second kappa shape index (κ2) is 6.36. The van der Waals surface area contributed by atoms with Crippen molar-refractivity contribution in [1.29, 1.82) is 0 Å². The Morgan fingerprint density at radius 2 is 1.32 bits per heavy atom. The molecule has 2 heteroatoms. The summed E-state index contributed by atoms with van der Waals surface area (Å²) >= 11 is 0. The summed E-state index contributed by atoms with van der Waals surface area (Å²) in [4.78, 5) is 10.8. The maximum Gasteiger partial charge on any atom is 0.241 e. The second-order valence-corrected chi connectivity index (χ2v) is 4.07. The molecule has 2 nitrogen and oxygen atoms in total. The third kappa shape index (κ3) is 3.68. The molecule has 94 valence electrons. The van der Waals surface area contributed by atoms with E-state index in [0.29, 0.717) is 0 Å². The van der Waals surface area contributed by atoms with Crippen molar-refractivity contribution in [3.8, 4) is 0 Å². The minimum atomic E-state index is -0.447. The van der Waals surface area contributed by atoms with E-state index in [0.717, 1.165) is 16.7 Å². The zero-order valence-corrected chi connectivity index (χ0v) is 10.5. The number of allylic oxidation sites excluding steroid dienone is 2. The van der Waals surface area contributed by atoms with E-state index in [1.165, 1.54) is 6.08 Å². The van der Waals surface area contributed by atoms with Gasteiger partial charge in [0, 0.05) is 6.08 Å². The Kier molecular flexibility index (Phi) is 4.29. The lowest BCUT2D eigenvalue weighted by molar-refractivity contribution is -0.113. The third-order valence-electron chi connectivity index (χ3n) is 2.69. The monoisotopic (exact) mass is 249 g/mol. The molecule has 0 aliphatic carbocycles. The fourth-order valence-corrected chi connectivity index (χ4v) is 1.83. The van der Waals surface area contributed by atoms with Crippen LogP contribution in [0.1, 0.15) is 11.1 Å². The Bertz CT molecular complexity index is 556. The van der Waals surface area contributed by atoms with Gasteiger partial charge >= 0.3 is 0 Å². The van der Waals surface area contributed by atoms with Crippen LogP contribution in [0, 0.1) is 0 Å². The maximum absolute atomic E-state index is 10.8. The van der Waals surface area contributed by atoms with Crippen molar-refractivity contribution in [1.82, 2.24) is 0 Å². The van der Waals surface area contributed by atoms with Crippen LogP contribution >= 0.6 is 0 Å². The largest absolute Gasteiger partial charge is 0.366 e. The predicted molar refractivity (Wildman–Crippen MR) is 78.3 cm³/mol. The van der Waals surface area contributed by atoms with Crippen molar-refractivity contribution in [2.45, 2.75) is 0 Å². The summed E-state index contributed by atoms with van der Waals surface area (Å²) in [5.74, 6) is -0.447. The van der Waals surface area contributed by atoms with E-state index in [2.05, 4.69) is 0 Å². The van der Waals surface area contributed by atoms with Gasteiger partial charge in [-0.2, -0.15) is 0 Å². The summed E-state index contributed by atoms with van der Waals surface area (Å²) in [6.45, 7) is 0. The van der Waals surface area contributed by atoms with Crippen LogP contribution in [0.3, 0.4) is 0 Å². The summed E-state index contributed by atoms with van der Waals surface area (Å²) < 4.78 is 0. The Morgan fingerprint density at radius 3 is 1.74 bits per heavy atom. The molecule has 0 aliphatic heterocycles. The zero-order chi connectivity index (χ0) is 13.5. The Labute approximate surface area is 112 Å². The van der Waals surface area contributed by atoms with Gasteiger partial charge in [0.05, 0.1) is 0 Å². The van der Waals surface area contributed by atoms with Crippen LogP contribution in [-0.2, 0) is 4.79 Å². The zero-order valence-electron chi connectivity index (χ0n) is 10.5. The molecule has 0 spiro atoms. The molecule has 2 rings (SSSR count). The van der Waals surface area contributed by atoms with Crippen LogP contribution in [0.25, 0.3) is 5.57 Å². The molecular formula is C17H15NO. The molecule has 0 bridgehead atoms. The summed E-state index contributed by atoms with van der Waals surface area (Å²) in [5, 5.41) is 0. The molecule has 0 fully saturated rings. The van der Waals surface area contributed by atoms with Crippen molar-refractivity contribution < 1.29 is 4.79 Å². The lowest BCUT2D eigenvalue weighted by Gasteiger charge is -2.07. The normalized spacial score (nSPS) is 10.3. The molecule has 2 aromatic rings. The number of benzene rings is 2. The highest BCUT2D eigenvalue weighted by Gasteiger charge is 2.02. The van der Waals surface area contributed by atoms with E-state index in [1.807, 2.05) is 66.7 Å². The van der Waals surface area contributed by atoms with Crippen molar-refractivity contribution in [3.05, 3.63) is 90.0 Å². The van der Waals surface area contributed by atoms with E-state index in [1.54, 1.807) is 6.08 Å². The van der Waals surface area contributed by atoms with Crippen LogP contribution in [-0.4, -0.2) is 5.91 Å². The van der Waals surface area contributed by atoms with Gasteiger partial charge < -0.3 is 5.73 Å². The minimum Gasteiger partial charge on any atom is -0.366 e. The van der Waals surface area contributed by atoms with Crippen molar-refractivity contribution in [2.24, 2.45) is 5.73 Å². The molecule has 0 saturated heterocycles.